The molecule has 0 radical (unpaired) electrons. The number of ether oxygens (including phenoxy) is 1. The molecule has 0 saturated heterocycles. The molecule has 0 aliphatic rings. The fraction of sp³-hybridized carbons (Fsp3) is 0.375. The molecule has 0 aliphatic heterocycles. The van der Waals surface area contributed by atoms with Gasteiger partial charge in [-0.15, -0.1) is 11.3 Å². The fourth-order valence-electron chi connectivity index (χ4n) is 2.03. The Morgan fingerprint density at radius 2 is 2.00 bits per heavy atom. The van der Waals surface area contributed by atoms with Gasteiger partial charge in [-0.25, -0.2) is 0 Å². The largest absolute Gasteiger partial charge is 0.488 e. The van der Waals surface area contributed by atoms with Crippen molar-refractivity contribution in [1.82, 2.24) is 0 Å². The summed E-state index contributed by atoms with van der Waals surface area (Å²) in [6.07, 6.45) is 1.84. The van der Waals surface area contributed by atoms with Crippen LogP contribution >= 0.6 is 22.9 Å². The predicted octanol–water partition coefficient (Wildman–Crippen LogP) is 4.43. The monoisotopic (exact) mass is 309 g/mol. The summed E-state index contributed by atoms with van der Waals surface area (Å²) in [5, 5.41) is 0.720. The van der Waals surface area contributed by atoms with E-state index in [0.29, 0.717) is 6.61 Å². The van der Waals surface area contributed by atoms with Crippen LogP contribution in [0.1, 0.15) is 29.2 Å². The molecule has 0 fully saturated rings. The first kappa shape index (κ1) is 15.4. The van der Waals surface area contributed by atoms with Gasteiger partial charge in [0.2, 0.25) is 0 Å². The molecule has 2 aromatic rings. The van der Waals surface area contributed by atoms with E-state index >= 15 is 0 Å². The minimum Gasteiger partial charge on any atom is -0.488 e. The minimum absolute atomic E-state index is 0.0873. The molecule has 1 unspecified atom stereocenters. The van der Waals surface area contributed by atoms with E-state index in [1.54, 1.807) is 11.3 Å². The van der Waals surface area contributed by atoms with E-state index in [1.807, 2.05) is 25.1 Å². The van der Waals surface area contributed by atoms with Crippen molar-refractivity contribution in [2.45, 2.75) is 39.3 Å². The summed E-state index contributed by atoms with van der Waals surface area (Å²) in [6.45, 7) is 4.74. The summed E-state index contributed by atoms with van der Waals surface area (Å²) >= 11 is 7.84. The normalized spacial score (nSPS) is 12.4. The van der Waals surface area contributed by atoms with Gasteiger partial charge in [0.25, 0.3) is 0 Å². The lowest BCUT2D eigenvalue weighted by Gasteiger charge is -2.13. The molecule has 2 N–H and O–H groups in total. The molecule has 0 spiro atoms. The van der Waals surface area contributed by atoms with Crippen LogP contribution in [0.5, 0.6) is 5.75 Å². The zero-order valence-electron chi connectivity index (χ0n) is 11.9. The Labute approximate surface area is 129 Å². The average Bonchev–Trinajstić information content (AvgIpc) is 2.85. The van der Waals surface area contributed by atoms with Gasteiger partial charge in [0, 0.05) is 20.8 Å². The van der Waals surface area contributed by atoms with Gasteiger partial charge >= 0.3 is 0 Å². The lowest BCUT2D eigenvalue weighted by molar-refractivity contribution is 0.306. The second kappa shape index (κ2) is 7.11. The molecule has 0 amide bonds. The zero-order chi connectivity index (χ0) is 14.5. The van der Waals surface area contributed by atoms with Gasteiger partial charge in [0.05, 0.1) is 0 Å². The summed E-state index contributed by atoms with van der Waals surface area (Å²) in [5.74, 6) is 0.873. The van der Waals surface area contributed by atoms with Crippen molar-refractivity contribution in [3.05, 3.63) is 50.7 Å². The standard InChI is InChI=1S/C16H20ClNOS/c1-3-14-5-6-15(20-14)10-19-16-7-4-13(17)9-12(16)8-11(2)18/h4-7,9,11H,3,8,10,18H2,1-2H3. The smallest absolute Gasteiger partial charge is 0.123 e. The van der Waals surface area contributed by atoms with Crippen LogP contribution in [0.15, 0.2) is 30.3 Å². The Morgan fingerprint density at radius 1 is 1.25 bits per heavy atom. The molecule has 1 aromatic carbocycles. The topological polar surface area (TPSA) is 35.2 Å². The van der Waals surface area contributed by atoms with E-state index in [4.69, 9.17) is 22.1 Å². The average molecular weight is 310 g/mol. The Kier molecular flexibility index (Phi) is 5.46. The van der Waals surface area contributed by atoms with Crippen LogP contribution in [0.25, 0.3) is 0 Å². The summed E-state index contributed by atoms with van der Waals surface area (Å²) in [6, 6.07) is 10.1. The number of rotatable bonds is 6. The van der Waals surface area contributed by atoms with Crippen LogP contribution in [0.3, 0.4) is 0 Å². The van der Waals surface area contributed by atoms with Crippen molar-refractivity contribution in [1.29, 1.82) is 0 Å². The lowest BCUT2D eigenvalue weighted by Crippen LogP contribution is -2.18. The van der Waals surface area contributed by atoms with Crippen molar-refractivity contribution in [3.8, 4) is 5.75 Å². The zero-order valence-corrected chi connectivity index (χ0v) is 13.4. The molecule has 4 heteroatoms. The molecule has 1 atom stereocenters. The summed E-state index contributed by atoms with van der Waals surface area (Å²) in [7, 11) is 0. The van der Waals surface area contributed by atoms with Gasteiger partial charge in [0.15, 0.2) is 0 Å². The van der Waals surface area contributed by atoms with Gasteiger partial charge in [-0.1, -0.05) is 18.5 Å². The highest BCUT2D eigenvalue weighted by molar-refractivity contribution is 7.11. The van der Waals surface area contributed by atoms with Crippen LogP contribution in [0.4, 0.5) is 0 Å². The van der Waals surface area contributed by atoms with Gasteiger partial charge < -0.3 is 10.5 Å². The molecular formula is C16H20ClNOS. The van der Waals surface area contributed by atoms with Gasteiger partial charge in [-0.3, -0.25) is 0 Å². The van der Waals surface area contributed by atoms with Gasteiger partial charge in [-0.2, -0.15) is 0 Å². The number of benzene rings is 1. The van der Waals surface area contributed by atoms with E-state index in [0.717, 1.165) is 29.2 Å². The first-order chi connectivity index (χ1) is 9.58. The number of hydrogen-bond donors (Lipinski definition) is 1. The first-order valence-electron chi connectivity index (χ1n) is 6.83. The second-order valence-corrected chi connectivity index (χ2v) is 6.63. The van der Waals surface area contributed by atoms with Crippen molar-refractivity contribution in [3.63, 3.8) is 0 Å². The molecule has 0 bridgehead atoms. The molecule has 108 valence electrons. The Morgan fingerprint density at radius 3 is 2.65 bits per heavy atom. The van der Waals surface area contributed by atoms with Crippen LogP contribution in [-0.2, 0) is 19.4 Å². The maximum absolute atomic E-state index is 6.05. The minimum atomic E-state index is 0.0873. The highest BCUT2D eigenvalue weighted by Gasteiger charge is 2.08. The van der Waals surface area contributed by atoms with Crippen molar-refractivity contribution in [2.75, 3.05) is 0 Å². The van der Waals surface area contributed by atoms with Crippen LogP contribution in [0.2, 0.25) is 5.02 Å². The summed E-state index contributed by atoms with van der Waals surface area (Å²) in [4.78, 5) is 2.62. The quantitative estimate of drug-likeness (QED) is 0.856. The molecule has 0 aliphatic carbocycles. The van der Waals surface area contributed by atoms with Gasteiger partial charge in [0.1, 0.15) is 12.4 Å². The Hall–Kier alpha value is -1.03. The predicted molar refractivity (Wildman–Crippen MR) is 86.8 cm³/mol. The third-order valence-electron chi connectivity index (χ3n) is 3.00. The first-order valence-corrected chi connectivity index (χ1v) is 8.02. The SMILES string of the molecule is CCc1ccc(COc2ccc(Cl)cc2CC(C)N)s1. The second-order valence-electron chi connectivity index (χ2n) is 4.94. The number of aryl methyl sites for hydroxylation is 1. The van der Waals surface area contributed by atoms with E-state index < -0.39 is 0 Å². The molecule has 2 nitrogen and oxygen atoms in total. The van der Waals surface area contributed by atoms with Crippen LogP contribution < -0.4 is 10.5 Å². The number of nitrogens with two attached hydrogens (primary N) is 1. The van der Waals surface area contributed by atoms with E-state index in [9.17, 15) is 0 Å². The van der Waals surface area contributed by atoms with Crippen molar-refractivity contribution >= 4 is 22.9 Å². The number of hydrogen-bond acceptors (Lipinski definition) is 3. The lowest BCUT2D eigenvalue weighted by atomic mass is 10.1. The number of thiophene rings is 1. The number of halogens is 1. The van der Waals surface area contributed by atoms with Crippen molar-refractivity contribution < 1.29 is 4.74 Å². The fourth-order valence-corrected chi connectivity index (χ4v) is 3.10. The highest BCUT2D eigenvalue weighted by Crippen LogP contribution is 2.26. The maximum atomic E-state index is 6.05. The van der Waals surface area contributed by atoms with Crippen molar-refractivity contribution in [2.24, 2.45) is 5.73 Å². The van der Waals surface area contributed by atoms with Crippen LogP contribution in [0, 0.1) is 0 Å². The third kappa shape index (κ3) is 4.23. The van der Waals surface area contributed by atoms with E-state index in [-0.39, 0.29) is 6.04 Å². The highest BCUT2D eigenvalue weighted by atomic mass is 35.5. The Bertz CT molecular complexity index is 565. The van der Waals surface area contributed by atoms with E-state index in [1.165, 1.54) is 9.75 Å². The van der Waals surface area contributed by atoms with Gasteiger partial charge in [-0.05, 0) is 55.7 Å². The van der Waals surface area contributed by atoms with E-state index in [2.05, 4.69) is 19.1 Å². The Balaban J connectivity index is 2.08. The molecule has 0 saturated carbocycles. The molecule has 1 aromatic heterocycles. The molecule has 1 heterocycles. The third-order valence-corrected chi connectivity index (χ3v) is 4.44. The molecule has 2 rings (SSSR count). The summed E-state index contributed by atoms with van der Waals surface area (Å²) in [5.41, 5.74) is 6.94. The summed E-state index contributed by atoms with van der Waals surface area (Å²) < 4.78 is 5.93. The molecule has 20 heavy (non-hydrogen) atoms. The maximum Gasteiger partial charge on any atom is 0.123 e. The van der Waals surface area contributed by atoms with Crippen LogP contribution in [-0.4, -0.2) is 6.04 Å². The molecular weight excluding hydrogens is 290 g/mol.